The van der Waals surface area contributed by atoms with Crippen LogP contribution < -0.4 is 4.68 Å². The fourth-order valence-corrected chi connectivity index (χ4v) is 2.81. The predicted octanol–water partition coefficient (Wildman–Crippen LogP) is 2.66. The van der Waals surface area contributed by atoms with Crippen molar-refractivity contribution in [3.8, 4) is 0 Å². The van der Waals surface area contributed by atoms with E-state index in [1.54, 1.807) is 24.3 Å². The van der Waals surface area contributed by atoms with Crippen LogP contribution in [0.3, 0.4) is 0 Å². The molecule has 19 heavy (non-hydrogen) atoms. The van der Waals surface area contributed by atoms with Crippen molar-refractivity contribution in [2.45, 2.75) is 25.7 Å². The standard InChI is InChI=1S/C14H16N2O2S/c1-11-7-9-14(10-8-11)19(17,18)15-16-12(2)5-4-6-13(16)3/h4-10H,1-3H3/p+1. The molecule has 1 heterocycles. The van der Waals surface area contributed by atoms with E-state index in [0.29, 0.717) is 4.90 Å². The van der Waals surface area contributed by atoms with Gasteiger partial charge < -0.3 is 0 Å². The Morgan fingerprint density at radius 1 is 1.00 bits per heavy atom. The van der Waals surface area contributed by atoms with Gasteiger partial charge in [-0.05, 0) is 29.8 Å². The third-order valence-electron chi connectivity index (χ3n) is 2.86. The predicted molar refractivity (Wildman–Crippen MR) is 74.2 cm³/mol. The summed E-state index contributed by atoms with van der Waals surface area (Å²) < 4.78 is 28.0. The smallest absolute Gasteiger partial charge is 0.253 e. The first-order chi connectivity index (χ1) is 8.90. The first kappa shape index (κ1) is 13.7. The molecule has 0 aliphatic carbocycles. The highest BCUT2D eigenvalue weighted by atomic mass is 32.2. The maximum absolute atomic E-state index is 12.3. The van der Waals surface area contributed by atoms with Crippen molar-refractivity contribution < 1.29 is 13.4 Å². The minimum absolute atomic E-state index is 0.313. The number of aromatic nitrogens is 1. The molecule has 0 aliphatic heterocycles. The van der Waals surface area contributed by atoms with Crippen molar-refractivity contribution >= 4 is 10.0 Å². The highest BCUT2D eigenvalue weighted by molar-refractivity contribution is 7.88. The van der Waals surface area contributed by atoms with E-state index in [1.807, 2.05) is 39.0 Å². The Hall–Kier alpha value is -1.72. The lowest BCUT2D eigenvalue weighted by Crippen LogP contribution is -2.36. The molecule has 0 radical (unpaired) electrons. The minimum atomic E-state index is -3.44. The first-order valence-electron chi connectivity index (χ1n) is 5.95. The molecule has 0 aliphatic rings. The van der Waals surface area contributed by atoms with E-state index in [0.717, 1.165) is 17.0 Å². The van der Waals surface area contributed by atoms with E-state index in [1.165, 1.54) is 4.68 Å². The van der Waals surface area contributed by atoms with Crippen LogP contribution in [-0.2, 0) is 10.0 Å². The van der Waals surface area contributed by atoms with Crippen molar-refractivity contribution in [3.63, 3.8) is 0 Å². The molecule has 1 atom stereocenters. The zero-order valence-electron chi connectivity index (χ0n) is 11.2. The van der Waals surface area contributed by atoms with Crippen LogP contribution in [-0.4, -0.2) is 8.76 Å². The number of rotatable bonds is 2. The molecular weight excluding hydrogens is 260 g/mol. The van der Waals surface area contributed by atoms with Gasteiger partial charge in [0.25, 0.3) is 10.0 Å². The van der Waals surface area contributed by atoms with Gasteiger partial charge in [0.1, 0.15) is 0 Å². The second-order valence-electron chi connectivity index (χ2n) is 4.51. The van der Waals surface area contributed by atoms with Crippen LogP contribution in [0.1, 0.15) is 17.0 Å². The van der Waals surface area contributed by atoms with Crippen LogP contribution in [0.25, 0.3) is 0 Å². The maximum Gasteiger partial charge on any atom is 0.253 e. The monoisotopic (exact) mass is 277 g/mol. The highest BCUT2D eigenvalue weighted by Crippen LogP contribution is 2.11. The van der Waals surface area contributed by atoms with Gasteiger partial charge in [-0.15, -0.1) is 0 Å². The van der Waals surface area contributed by atoms with Crippen molar-refractivity contribution in [3.05, 3.63) is 59.4 Å². The quantitative estimate of drug-likeness (QED) is 0.858. The van der Waals surface area contributed by atoms with Crippen molar-refractivity contribution in [2.24, 2.45) is 4.47 Å². The largest absolute Gasteiger partial charge is 0.293 e. The average molecular weight is 277 g/mol. The van der Waals surface area contributed by atoms with E-state index in [-0.39, 0.29) is 0 Å². The van der Waals surface area contributed by atoms with E-state index >= 15 is 0 Å². The number of nitrogens with zero attached hydrogens (tertiary/aromatic N) is 2. The van der Waals surface area contributed by atoms with Crippen LogP contribution in [0.2, 0.25) is 0 Å². The molecule has 1 N–H and O–H groups in total. The third-order valence-corrected chi connectivity index (χ3v) is 4.13. The topological polar surface area (TPSA) is 53.5 Å². The summed E-state index contributed by atoms with van der Waals surface area (Å²) in [4.78, 5) is 0.313. The zero-order chi connectivity index (χ0) is 14.0. The summed E-state index contributed by atoms with van der Waals surface area (Å²) in [5.41, 5.74) is 2.67. The molecule has 1 unspecified atom stereocenters. The Kier molecular flexibility index (Phi) is 3.68. The second kappa shape index (κ2) is 5.11. The molecule has 0 amide bonds. The number of hydrogen-bond acceptors (Lipinski definition) is 2. The summed E-state index contributed by atoms with van der Waals surface area (Å²) in [6.07, 6.45) is 0. The van der Waals surface area contributed by atoms with E-state index < -0.39 is 10.0 Å². The summed E-state index contributed by atoms with van der Waals surface area (Å²) >= 11 is 0. The van der Waals surface area contributed by atoms with Crippen molar-refractivity contribution in [1.29, 1.82) is 0 Å². The Morgan fingerprint density at radius 3 is 2.05 bits per heavy atom. The van der Waals surface area contributed by atoms with E-state index in [2.05, 4.69) is 4.47 Å². The third kappa shape index (κ3) is 3.00. The van der Waals surface area contributed by atoms with Gasteiger partial charge in [0.2, 0.25) is 11.4 Å². The Labute approximate surface area is 113 Å². The second-order valence-corrected chi connectivity index (χ2v) is 6.14. The van der Waals surface area contributed by atoms with Gasteiger partial charge in [0.15, 0.2) is 0 Å². The lowest BCUT2D eigenvalue weighted by Gasteiger charge is -2.02. The summed E-state index contributed by atoms with van der Waals surface area (Å²) in [6, 6.07) is 12.5. The molecule has 0 saturated carbocycles. The van der Waals surface area contributed by atoms with Crippen molar-refractivity contribution in [1.82, 2.24) is 0 Å². The molecule has 1 aromatic heterocycles. The average Bonchev–Trinajstić information content (AvgIpc) is 2.35. The van der Waals surface area contributed by atoms with Gasteiger partial charge in [0.05, 0.1) is 9.37 Å². The maximum atomic E-state index is 12.3. The Morgan fingerprint density at radius 2 is 1.53 bits per heavy atom. The van der Waals surface area contributed by atoms with E-state index in [4.69, 9.17) is 0 Å². The van der Waals surface area contributed by atoms with Gasteiger partial charge in [-0.1, -0.05) is 17.7 Å². The molecule has 0 saturated heterocycles. The number of benzene rings is 1. The molecule has 2 aromatic rings. The molecular formula is C14H17N2O2S+. The molecule has 0 spiro atoms. The minimum Gasteiger partial charge on any atom is -0.293 e. The molecule has 4 nitrogen and oxygen atoms in total. The van der Waals surface area contributed by atoms with Gasteiger partial charge in [-0.25, -0.2) is 4.21 Å². The summed E-state index contributed by atoms with van der Waals surface area (Å²) in [5, 5.41) is 0. The zero-order valence-corrected chi connectivity index (χ0v) is 12.0. The van der Waals surface area contributed by atoms with Gasteiger partial charge in [-0.2, -0.15) is 0 Å². The highest BCUT2D eigenvalue weighted by Gasteiger charge is 2.16. The first-order valence-corrected chi connectivity index (χ1v) is 7.42. The number of aryl methyl sites for hydroxylation is 3. The lowest BCUT2D eigenvalue weighted by atomic mass is 10.2. The van der Waals surface area contributed by atoms with Gasteiger partial charge in [-0.3, -0.25) is 4.55 Å². The van der Waals surface area contributed by atoms with Crippen molar-refractivity contribution in [2.75, 3.05) is 0 Å². The molecule has 5 heteroatoms. The summed E-state index contributed by atoms with van der Waals surface area (Å²) in [5.74, 6) is 0. The normalized spacial score (nSPS) is 13.9. The van der Waals surface area contributed by atoms with Crippen LogP contribution >= 0.6 is 0 Å². The molecule has 100 valence electrons. The SMILES string of the molecule is Cc1ccc(S(=O)(O)=N[n+]2c(C)cccc2C)cc1. The summed E-state index contributed by atoms with van der Waals surface area (Å²) in [6.45, 7) is 5.63. The van der Waals surface area contributed by atoms with Gasteiger partial charge in [0, 0.05) is 26.0 Å². The Bertz CT molecular complexity index is 694. The molecule has 2 rings (SSSR count). The van der Waals surface area contributed by atoms with Crippen LogP contribution in [0.4, 0.5) is 0 Å². The number of hydrogen-bond donors (Lipinski definition) is 1. The molecule has 1 aromatic carbocycles. The fraction of sp³-hybridized carbons (Fsp3) is 0.214. The van der Waals surface area contributed by atoms with Crippen LogP contribution in [0.15, 0.2) is 51.8 Å². The molecule has 0 fully saturated rings. The van der Waals surface area contributed by atoms with E-state index in [9.17, 15) is 8.76 Å². The number of pyridine rings is 1. The van der Waals surface area contributed by atoms with Gasteiger partial charge >= 0.3 is 0 Å². The fourth-order valence-electron chi connectivity index (χ4n) is 1.75. The van der Waals surface area contributed by atoms with Crippen LogP contribution in [0, 0.1) is 20.8 Å². The summed E-state index contributed by atoms with van der Waals surface area (Å²) in [7, 11) is -3.44. The molecule has 0 bridgehead atoms. The lowest BCUT2D eigenvalue weighted by molar-refractivity contribution is -0.688. The van der Waals surface area contributed by atoms with Crippen LogP contribution in [0.5, 0.6) is 0 Å². The Balaban J connectivity index is 2.58.